The molecule has 1 atom stereocenters. The summed E-state index contributed by atoms with van der Waals surface area (Å²) in [5.74, 6) is 0. The Morgan fingerprint density at radius 2 is 2.14 bits per heavy atom. The van der Waals surface area contributed by atoms with Crippen LogP contribution in [0, 0.1) is 5.41 Å². The van der Waals surface area contributed by atoms with Crippen LogP contribution >= 0.6 is 0 Å². The number of nitrogens with two attached hydrogens (primary N) is 1. The summed E-state index contributed by atoms with van der Waals surface area (Å²) in [7, 11) is 2.17. The second-order valence-electron chi connectivity index (χ2n) is 4.54. The Morgan fingerprint density at radius 3 is 2.57 bits per heavy atom. The molecule has 84 valence electrons. The van der Waals surface area contributed by atoms with E-state index in [1.165, 1.54) is 6.42 Å². The summed E-state index contributed by atoms with van der Waals surface area (Å²) in [4.78, 5) is 2.37. The molecule has 0 radical (unpaired) electrons. The van der Waals surface area contributed by atoms with Gasteiger partial charge in [-0.3, -0.25) is 0 Å². The van der Waals surface area contributed by atoms with Gasteiger partial charge in [-0.05, 0) is 44.8 Å². The minimum Gasteiger partial charge on any atom is -0.330 e. The molecule has 0 aromatic rings. The Morgan fingerprint density at radius 1 is 1.50 bits per heavy atom. The first-order valence-corrected chi connectivity index (χ1v) is 5.57. The van der Waals surface area contributed by atoms with Gasteiger partial charge in [0.15, 0.2) is 0 Å². The molecular weight excluding hydrogens is 172 g/mol. The third kappa shape index (κ3) is 5.40. The summed E-state index contributed by atoms with van der Waals surface area (Å²) in [5, 5.41) is 0. The lowest BCUT2D eigenvalue weighted by Crippen LogP contribution is -2.38. The highest BCUT2D eigenvalue weighted by atomic mass is 15.1. The van der Waals surface area contributed by atoms with Crippen molar-refractivity contribution in [3.05, 3.63) is 12.7 Å². The molecule has 0 aliphatic carbocycles. The highest BCUT2D eigenvalue weighted by Crippen LogP contribution is 2.20. The Labute approximate surface area is 89.2 Å². The second kappa shape index (κ2) is 7.02. The first-order valence-electron chi connectivity index (χ1n) is 5.57. The van der Waals surface area contributed by atoms with Crippen molar-refractivity contribution in [1.29, 1.82) is 0 Å². The molecule has 0 saturated heterocycles. The molecule has 0 saturated carbocycles. The maximum atomic E-state index is 5.78. The van der Waals surface area contributed by atoms with E-state index in [4.69, 9.17) is 5.73 Å². The zero-order valence-electron chi connectivity index (χ0n) is 10.1. The summed E-state index contributed by atoms with van der Waals surface area (Å²) >= 11 is 0. The minimum atomic E-state index is 0.281. The Hall–Kier alpha value is -0.340. The lowest BCUT2D eigenvalue weighted by molar-refractivity contribution is 0.191. The monoisotopic (exact) mass is 198 g/mol. The standard InChI is InChI=1S/C12H26N2/c1-5-7-8-9-14(4)11-12(3,6-2)10-13/h5H,1,6-11,13H2,2-4H3. The van der Waals surface area contributed by atoms with Gasteiger partial charge < -0.3 is 10.6 Å². The van der Waals surface area contributed by atoms with Gasteiger partial charge in [-0.15, -0.1) is 6.58 Å². The van der Waals surface area contributed by atoms with Crippen molar-refractivity contribution in [3.8, 4) is 0 Å². The quantitative estimate of drug-likeness (QED) is 0.479. The van der Waals surface area contributed by atoms with Crippen LogP contribution in [0.25, 0.3) is 0 Å². The van der Waals surface area contributed by atoms with Crippen LogP contribution in [-0.4, -0.2) is 31.6 Å². The number of nitrogens with zero attached hydrogens (tertiary/aromatic N) is 1. The molecule has 0 bridgehead atoms. The van der Waals surface area contributed by atoms with Gasteiger partial charge in [0.1, 0.15) is 0 Å². The van der Waals surface area contributed by atoms with Crippen molar-refractivity contribution < 1.29 is 0 Å². The second-order valence-corrected chi connectivity index (χ2v) is 4.54. The molecule has 2 heteroatoms. The largest absolute Gasteiger partial charge is 0.330 e. The van der Waals surface area contributed by atoms with Crippen molar-refractivity contribution in [1.82, 2.24) is 4.90 Å². The normalized spacial score (nSPS) is 15.5. The van der Waals surface area contributed by atoms with Crippen molar-refractivity contribution in [3.63, 3.8) is 0 Å². The summed E-state index contributed by atoms with van der Waals surface area (Å²) in [6, 6.07) is 0. The van der Waals surface area contributed by atoms with Gasteiger partial charge >= 0.3 is 0 Å². The number of hydrogen-bond acceptors (Lipinski definition) is 2. The Balaban J connectivity index is 3.78. The van der Waals surface area contributed by atoms with E-state index in [0.29, 0.717) is 0 Å². The lowest BCUT2D eigenvalue weighted by atomic mass is 9.87. The molecular formula is C12H26N2. The molecule has 0 rings (SSSR count). The number of hydrogen-bond donors (Lipinski definition) is 1. The average Bonchev–Trinajstić information content (AvgIpc) is 2.18. The van der Waals surface area contributed by atoms with Crippen LogP contribution < -0.4 is 5.73 Å². The molecule has 2 nitrogen and oxygen atoms in total. The SMILES string of the molecule is C=CCCCN(C)CC(C)(CC)CN. The van der Waals surface area contributed by atoms with E-state index in [2.05, 4.69) is 32.4 Å². The van der Waals surface area contributed by atoms with Crippen LogP contribution in [0.5, 0.6) is 0 Å². The highest BCUT2D eigenvalue weighted by Gasteiger charge is 2.21. The fraction of sp³-hybridized carbons (Fsp3) is 0.833. The summed E-state index contributed by atoms with van der Waals surface area (Å²) < 4.78 is 0. The summed E-state index contributed by atoms with van der Waals surface area (Å²) in [5.41, 5.74) is 6.06. The molecule has 0 amide bonds. The molecule has 0 spiro atoms. The van der Waals surface area contributed by atoms with E-state index in [0.717, 1.165) is 32.5 Å². The van der Waals surface area contributed by atoms with Gasteiger partial charge in [0, 0.05) is 6.54 Å². The fourth-order valence-electron chi connectivity index (χ4n) is 1.56. The van der Waals surface area contributed by atoms with Crippen molar-refractivity contribution in [2.24, 2.45) is 11.1 Å². The van der Waals surface area contributed by atoms with E-state index in [1.54, 1.807) is 0 Å². The molecule has 14 heavy (non-hydrogen) atoms. The number of allylic oxidation sites excluding steroid dienone is 1. The minimum absolute atomic E-state index is 0.281. The van der Waals surface area contributed by atoms with Crippen LogP contribution in [-0.2, 0) is 0 Å². The zero-order chi connectivity index (χ0) is 11.0. The first kappa shape index (κ1) is 13.7. The van der Waals surface area contributed by atoms with Crippen molar-refractivity contribution in [2.45, 2.75) is 33.1 Å². The predicted molar refractivity (Wildman–Crippen MR) is 64.4 cm³/mol. The third-order valence-electron chi connectivity index (χ3n) is 2.95. The molecule has 0 aromatic heterocycles. The van der Waals surface area contributed by atoms with Gasteiger partial charge in [-0.25, -0.2) is 0 Å². The van der Waals surface area contributed by atoms with Crippen molar-refractivity contribution >= 4 is 0 Å². The average molecular weight is 198 g/mol. The first-order chi connectivity index (χ1) is 6.58. The van der Waals surface area contributed by atoms with Gasteiger partial charge in [-0.2, -0.15) is 0 Å². The van der Waals surface area contributed by atoms with E-state index in [1.807, 2.05) is 6.08 Å². The molecule has 0 fully saturated rings. The lowest BCUT2D eigenvalue weighted by Gasteiger charge is -2.31. The third-order valence-corrected chi connectivity index (χ3v) is 2.95. The summed E-state index contributed by atoms with van der Waals surface area (Å²) in [6.45, 7) is 11.2. The van der Waals surface area contributed by atoms with Crippen molar-refractivity contribution in [2.75, 3.05) is 26.7 Å². The molecule has 2 N–H and O–H groups in total. The van der Waals surface area contributed by atoms with E-state index < -0.39 is 0 Å². The van der Waals surface area contributed by atoms with E-state index in [-0.39, 0.29) is 5.41 Å². The highest BCUT2D eigenvalue weighted by molar-refractivity contribution is 4.77. The number of rotatable bonds is 8. The molecule has 0 aromatic carbocycles. The molecule has 0 heterocycles. The maximum absolute atomic E-state index is 5.78. The topological polar surface area (TPSA) is 29.3 Å². The van der Waals surface area contributed by atoms with Crippen LogP contribution in [0.4, 0.5) is 0 Å². The predicted octanol–water partition coefficient (Wildman–Crippen LogP) is 2.26. The number of unbranched alkanes of at least 4 members (excludes halogenated alkanes) is 1. The van der Waals surface area contributed by atoms with Crippen LogP contribution in [0.3, 0.4) is 0 Å². The smallest absolute Gasteiger partial charge is 0.00443 e. The van der Waals surface area contributed by atoms with Gasteiger partial charge in [0.25, 0.3) is 0 Å². The zero-order valence-corrected chi connectivity index (χ0v) is 10.1. The Bertz CT molecular complexity index is 150. The van der Waals surface area contributed by atoms with E-state index >= 15 is 0 Å². The molecule has 0 aliphatic rings. The van der Waals surface area contributed by atoms with Crippen LogP contribution in [0.15, 0.2) is 12.7 Å². The molecule has 0 aliphatic heterocycles. The van der Waals surface area contributed by atoms with E-state index in [9.17, 15) is 0 Å². The van der Waals surface area contributed by atoms with Gasteiger partial charge in [-0.1, -0.05) is 19.9 Å². The van der Waals surface area contributed by atoms with Crippen LogP contribution in [0.1, 0.15) is 33.1 Å². The Kier molecular flexibility index (Phi) is 6.85. The summed E-state index contributed by atoms with van der Waals surface area (Å²) in [6.07, 6.45) is 5.44. The molecule has 1 unspecified atom stereocenters. The maximum Gasteiger partial charge on any atom is 0.00443 e. The van der Waals surface area contributed by atoms with Gasteiger partial charge in [0.05, 0.1) is 0 Å². The van der Waals surface area contributed by atoms with Gasteiger partial charge in [0.2, 0.25) is 0 Å². The van der Waals surface area contributed by atoms with Crippen LogP contribution in [0.2, 0.25) is 0 Å². The fourth-order valence-corrected chi connectivity index (χ4v) is 1.56.